The van der Waals surface area contributed by atoms with Gasteiger partial charge in [-0.3, -0.25) is 4.79 Å². The molecule has 0 heterocycles. The highest BCUT2D eigenvalue weighted by Gasteiger charge is 2.19. The minimum atomic E-state index is -0.279. The fourth-order valence-electron chi connectivity index (χ4n) is 1.96. The molecule has 0 saturated carbocycles. The lowest BCUT2D eigenvalue weighted by molar-refractivity contribution is 0.0918. The van der Waals surface area contributed by atoms with Crippen molar-refractivity contribution < 1.29 is 4.79 Å². The Labute approximate surface area is 109 Å². The van der Waals surface area contributed by atoms with E-state index in [1.807, 2.05) is 40.7 Å². The second-order valence-electron chi connectivity index (χ2n) is 5.49. The summed E-state index contributed by atoms with van der Waals surface area (Å²) in [5.74, 6) is -0.112. The molecular weight excluding hydrogens is 224 g/mol. The van der Waals surface area contributed by atoms with Gasteiger partial charge in [0.25, 0.3) is 5.91 Å². The van der Waals surface area contributed by atoms with E-state index >= 15 is 0 Å². The molecule has 3 nitrogen and oxygen atoms in total. The van der Waals surface area contributed by atoms with Crippen molar-refractivity contribution in [3.8, 4) is 6.07 Å². The molecule has 0 saturated heterocycles. The van der Waals surface area contributed by atoms with Gasteiger partial charge in [0.1, 0.15) is 0 Å². The fraction of sp³-hybridized carbons (Fsp3) is 0.467. The molecule has 96 valence electrons. The molecule has 0 fully saturated rings. The molecule has 1 amide bonds. The topological polar surface area (TPSA) is 52.9 Å². The molecule has 0 atom stereocenters. The zero-order chi connectivity index (χ0) is 13.9. The Balaban J connectivity index is 3.26. The molecule has 0 aliphatic heterocycles. The van der Waals surface area contributed by atoms with Crippen molar-refractivity contribution in [3.05, 3.63) is 34.4 Å². The van der Waals surface area contributed by atoms with Crippen LogP contribution in [0.25, 0.3) is 0 Å². The number of amides is 1. The van der Waals surface area contributed by atoms with Gasteiger partial charge in [-0.25, -0.2) is 0 Å². The van der Waals surface area contributed by atoms with Gasteiger partial charge in [-0.15, -0.1) is 0 Å². The first-order valence-electron chi connectivity index (χ1n) is 6.14. The van der Waals surface area contributed by atoms with E-state index in [0.29, 0.717) is 11.1 Å². The van der Waals surface area contributed by atoms with Crippen LogP contribution in [0.15, 0.2) is 12.1 Å². The van der Waals surface area contributed by atoms with Gasteiger partial charge in [0, 0.05) is 11.1 Å². The highest BCUT2D eigenvalue weighted by atomic mass is 16.1. The van der Waals surface area contributed by atoms with Crippen LogP contribution in [0.3, 0.4) is 0 Å². The summed E-state index contributed by atoms with van der Waals surface area (Å²) in [6.45, 7) is 9.78. The third kappa shape index (κ3) is 3.33. The van der Waals surface area contributed by atoms with E-state index < -0.39 is 0 Å². The predicted octanol–water partition coefficient (Wildman–Crippen LogP) is 2.96. The minimum absolute atomic E-state index is 0.112. The van der Waals surface area contributed by atoms with Gasteiger partial charge in [0.15, 0.2) is 0 Å². The van der Waals surface area contributed by atoms with E-state index in [1.165, 1.54) is 0 Å². The predicted molar refractivity (Wildman–Crippen MR) is 72.5 cm³/mol. The van der Waals surface area contributed by atoms with Crippen molar-refractivity contribution in [3.63, 3.8) is 0 Å². The van der Waals surface area contributed by atoms with Crippen LogP contribution in [0, 0.1) is 18.3 Å². The number of aryl methyl sites for hydroxylation is 1. The average molecular weight is 244 g/mol. The van der Waals surface area contributed by atoms with E-state index in [4.69, 9.17) is 5.26 Å². The molecule has 0 aromatic heterocycles. The maximum Gasteiger partial charge on any atom is 0.252 e. The maximum absolute atomic E-state index is 12.2. The fourth-order valence-corrected chi connectivity index (χ4v) is 1.96. The Bertz CT molecular complexity index is 504. The normalized spacial score (nSPS) is 10.9. The van der Waals surface area contributed by atoms with Crippen molar-refractivity contribution in [2.75, 3.05) is 0 Å². The van der Waals surface area contributed by atoms with Crippen LogP contribution in [0.2, 0.25) is 0 Å². The Morgan fingerprint density at radius 1 is 1.39 bits per heavy atom. The number of rotatable bonds is 2. The van der Waals surface area contributed by atoms with Gasteiger partial charge in [0.05, 0.1) is 11.6 Å². The van der Waals surface area contributed by atoms with Crippen LogP contribution in [0.5, 0.6) is 0 Å². The Morgan fingerprint density at radius 3 is 2.44 bits per heavy atom. The van der Waals surface area contributed by atoms with Gasteiger partial charge < -0.3 is 5.32 Å². The van der Waals surface area contributed by atoms with Gasteiger partial charge in [-0.05, 0) is 57.4 Å². The molecule has 1 aromatic carbocycles. The molecule has 0 radical (unpaired) electrons. The van der Waals surface area contributed by atoms with Crippen LogP contribution < -0.4 is 5.32 Å². The van der Waals surface area contributed by atoms with Gasteiger partial charge in [-0.1, -0.05) is 6.92 Å². The largest absolute Gasteiger partial charge is 0.347 e. The average Bonchev–Trinajstić information content (AvgIpc) is 2.25. The monoisotopic (exact) mass is 244 g/mol. The van der Waals surface area contributed by atoms with E-state index in [9.17, 15) is 4.79 Å². The van der Waals surface area contributed by atoms with Crippen molar-refractivity contribution in [1.29, 1.82) is 5.26 Å². The highest BCUT2D eigenvalue weighted by molar-refractivity contribution is 5.96. The van der Waals surface area contributed by atoms with Crippen LogP contribution >= 0.6 is 0 Å². The number of carbonyl (C=O) groups is 1. The first-order valence-corrected chi connectivity index (χ1v) is 6.14. The van der Waals surface area contributed by atoms with E-state index in [-0.39, 0.29) is 11.4 Å². The van der Waals surface area contributed by atoms with Gasteiger partial charge in [-0.2, -0.15) is 5.26 Å². The van der Waals surface area contributed by atoms with E-state index in [2.05, 4.69) is 11.4 Å². The second kappa shape index (κ2) is 5.22. The zero-order valence-corrected chi connectivity index (χ0v) is 11.7. The smallest absolute Gasteiger partial charge is 0.252 e. The first-order chi connectivity index (χ1) is 8.28. The molecule has 3 heteroatoms. The lowest BCUT2D eigenvalue weighted by Gasteiger charge is -2.22. The number of carbonyl (C=O) groups excluding carboxylic acids is 1. The molecule has 0 spiro atoms. The summed E-state index contributed by atoms with van der Waals surface area (Å²) >= 11 is 0. The molecule has 1 aromatic rings. The van der Waals surface area contributed by atoms with E-state index in [0.717, 1.165) is 17.5 Å². The lowest BCUT2D eigenvalue weighted by atomic mass is 9.95. The summed E-state index contributed by atoms with van der Waals surface area (Å²) in [5.41, 5.74) is 2.87. The Morgan fingerprint density at radius 2 is 2.00 bits per heavy atom. The standard InChI is InChI=1S/C15H20N2O/c1-6-12-10(2)7-11(9-16)8-13(12)14(18)17-15(3,4)5/h7-8H,6H2,1-5H3,(H,17,18). The van der Waals surface area contributed by atoms with Crippen molar-refractivity contribution >= 4 is 5.91 Å². The van der Waals surface area contributed by atoms with Crippen molar-refractivity contribution in [1.82, 2.24) is 5.32 Å². The molecule has 18 heavy (non-hydrogen) atoms. The summed E-state index contributed by atoms with van der Waals surface area (Å²) in [4.78, 5) is 12.2. The zero-order valence-electron chi connectivity index (χ0n) is 11.7. The lowest BCUT2D eigenvalue weighted by Crippen LogP contribution is -2.41. The first kappa shape index (κ1) is 14.2. The van der Waals surface area contributed by atoms with E-state index in [1.54, 1.807) is 6.07 Å². The number of hydrogen-bond donors (Lipinski definition) is 1. The summed E-state index contributed by atoms with van der Waals surface area (Å²) in [7, 11) is 0. The second-order valence-corrected chi connectivity index (χ2v) is 5.49. The molecule has 0 aliphatic rings. The van der Waals surface area contributed by atoms with Crippen LogP contribution in [-0.4, -0.2) is 11.4 Å². The van der Waals surface area contributed by atoms with Crippen LogP contribution in [0.1, 0.15) is 54.7 Å². The van der Waals surface area contributed by atoms with Gasteiger partial charge in [0.2, 0.25) is 0 Å². The molecule has 1 N–H and O–H groups in total. The van der Waals surface area contributed by atoms with Gasteiger partial charge >= 0.3 is 0 Å². The summed E-state index contributed by atoms with van der Waals surface area (Å²) in [6, 6.07) is 5.60. The Hall–Kier alpha value is -1.82. The van der Waals surface area contributed by atoms with Crippen molar-refractivity contribution in [2.24, 2.45) is 0 Å². The molecule has 0 bridgehead atoms. The number of nitrogens with one attached hydrogen (secondary N) is 1. The number of nitrogens with zero attached hydrogens (tertiary/aromatic N) is 1. The molecule has 1 rings (SSSR count). The Kier molecular flexibility index (Phi) is 4.13. The summed E-state index contributed by atoms with van der Waals surface area (Å²) in [5, 5.41) is 11.9. The quantitative estimate of drug-likeness (QED) is 0.869. The summed E-state index contributed by atoms with van der Waals surface area (Å²) in [6.07, 6.45) is 0.782. The highest BCUT2D eigenvalue weighted by Crippen LogP contribution is 2.18. The van der Waals surface area contributed by atoms with Crippen molar-refractivity contribution in [2.45, 2.75) is 46.6 Å². The molecule has 0 aliphatic carbocycles. The molecule has 0 unspecified atom stereocenters. The third-order valence-corrected chi connectivity index (χ3v) is 2.69. The summed E-state index contributed by atoms with van der Waals surface area (Å²) < 4.78 is 0. The molecular formula is C15H20N2O. The number of hydrogen-bond acceptors (Lipinski definition) is 2. The number of benzene rings is 1. The third-order valence-electron chi connectivity index (χ3n) is 2.69. The van der Waals surface area contributed by atoms with Crippen LogP contribution in [-0.2, 0) is 6.42 Å². The number of nitriles is 1. The maximum atomic E-state index is 12.2. The minimum Gasteiger partial charge on any atom is -0.347 e. The van der Waals surface area contributed by atoms with Crippen LogP contribution in [0.4, 0.5) is 0 Å². The SMILES string of the molecule is CCc1c(C)cc(C#N)cc1C(=O)NC(C)(C)C.